The Kier molecular flexibility index (Phi) is 6.25. The van der Waals surface area contributed by atoms with E-state index in [2.05, 4.69) is 29.1 Å². The van der Waals surface area contributed by atoms with Gasteiger partial charge < -0.3 is 20.4 Å². The van der Waals surface area contributed by atoms with Crippen molar-refractivity contribution >= 4 is 21.5 Å². The maximum Gasteiger partial charge on any atom is 0.481 e. The van der Waals surface area contributed by atoms with Gasteiger partial charge in [-0.3, -0.25) is 4.52 Å². The van der Waals surface area contributed by atoms with Crippen molar-refractivity contribution in [1.82, 2.24) is 25.0 Å². The van der Waals surface area contributed by atoms with Crippen LogP contribution in [0.1, 0.15) is 22.8 Å². The third-order valence-electron chi connectivity index (χ3n) is 3.22. The van der Waals surface area contributed by atoms with Gasteiger partial charge in [0, 0.05) is 18.2 Å². The Hall–Kier alpha value is -1.72. The molecule has 0 aliphatic heterocycles. The Bertz CT molecular complexity index is 882. The van der Waals surface area contributed by atoms with Crippen molar-refractivity contribution in [2.75, 3.05) is 12.3 Å². The van der Waals surface area contributed by atoms with Crippen LogP contribution in [0.25, 0.3) is 0 Å². The predicted molar refractivity (Wildman–Crippen MR) is 87.7 cm³/mol. The van der Waals surface area contributed by atoms with E-state index in [1.807, 2.05) is 0 Å². The van der Waals surface area contributed by atoms with Gasteiger partial charge in [0.1, 0.15) is 11.6 Å². The highest BCUT2D eigenvalue weighted by Crippen LogP contribution is 2.57. The van der Waals surface area contributed by atoms with Crippen molar-refractivity contribution in [3.05, 3.63) is 29.0 Å². The van der Waals surface area contributed by atoms with E-state index in [-0.39, 0.29) is 19.6 Å². The molecule has 0 aliphatic carbocycles. The lowest BCUT2D eigenvalue weighted by Crippen LogP contribution is -2.09. The average Bonchev–Trinajstić information content (AvgIpc) is 2.80. The molecule has 0 saturated carbocycles. The minimum Gasteiger partial charge on any atom is -0.383 e. The Labute approximate surface area is 148 Å². The topological polar surface area (TPSA) is 196 Å². The van der Waals surface area contributed by atoms with Gasteiger partial charge in [0.2, 0.25) is 0 Å². The third-order valence-corrected chi connectivity index (χ3v) is 5.40. The minimum atomic E-state index is -5.15. The molecule has 0 radical (unpaired) electrons. The first-order chi connectivity index (χ1) is 12.0. The zero-order valence-corrected chi connectivity index (χ0v) is 15.7. The lowest BCUT2D eigenvalue weighted by Gasteiger charge is -2.11. The van der Waals surface area contributed by atoms with Gasteiger partial charge in [0.15, 0.2) is 0 Å². The molecular formula is C11H18N6O7P2. The van der Waals surface area contributed by atoms with Crippen molar-refractivity contribution in [2.45, 2.75) is 26.8 Å². The molecule has 26 heavy (non-hydrogen) atoms. The molecule has 1 unspecified atom stereocenters. The van der Waals surface area contributed by atoms with Crippen molar-refractivity contribution < 1.29 is 32.6 Å². The first-order valence-corrected chi connectivity index (χ1v) is 10.2. The van der Waals surface area contributed by atoms with Gasteiger partial charge in [0.25, 0.3) is 0 Å². The van der Waals surface area contributed by atoms with E-state index in [1.54, 1.807) is 24.7 Å². The van der Waals surface area contributed by atoms with E-state index >= 15 is 0 Å². The summed E-state index contributed by atoms with van der Waals surface area (Å²) >= 11 is 0. The number of aromatic nitrogens is 5. The molecule has 5 N–H and O–H groups in total. The highest BCUT2D eigenvalue weighted by Gasteiger charge is 2.32. The number of aryl methyl sites for hydroxylation is 1. The molecule has 0 saturated heterocycles. The van der Waals surface area contributed by atoms with Gasteiger partial charge in [-0.1, -0.05) is 5.21 Å². The van der Waals surface area contributed by atoms with Gasteiger partial charge in [-0.05, 0) is 13.8 Å². The summed E-state index contributed by atoms with van der Waals surface area (Å²) in [4.78, 5) is 34.4. The van der Waals surface area contributed by atoms with E-state index in [4.69, 9.17) is 15.5 Å². The third kappa shape index (κ3) is 5.92. The molecule has 144 valence electrons. The highest BCUT2D eigenvalue weighted by molar-refractivity contribution is 7.60. The van der Waals surface area contributed by atoms with Crippen LogP contribution >= 0.6 is 15.6 Å². The molecular weight excluding hydrogens is 390 g/mol. The fourth-order valence-corrected chi connectivity index (χ4v) is 3.57. The summed E-state index contributed by atoms with van der Waals surface area (Å²) in [5.74, 6) is 0.874. The zero-order chi connectivity index (χ0) is 19.5. The van der Waals surface area contributed by atoms with Crippen LogP contribution in [0.2, 0.25) is 0 Å². The molecule has 0 aromatic carbocycles. The predicted octanol–water partition coefficient (Wildman–Crippen LogP) is 0.0842. The summed E-state index contributed by atoms with van der Waals surface area (Å²) in [5, 5.41) is 7.90. The summed E-state index contributed by atoms with van der Waals surface area (Å²) in [6, 6.07) is 0. The van der Waals surface area contributed by atoms with E-state index in [1.165, 1.54) is 0 Å². The molecule has 0 spiro atoms. The fourth-order valence-electron chi connectivity index (χ4n) is 1.99. The van der Waals surface area contributed by atoms with E-state index in [9.17, 15) is 14.0 Å². The Balaban J connectivity index is 1.98. The van der Waals surface area contributed by atoms with Gasteiger partial charge in [-0.25, -0.2) is 23.8 Å². The SMILES string of the molecule is Cc1ncc(Cn2nnc(CCOP(=O)(O)OP(=O)(O)O)c2C)c(N)n1. The maximum absolute atomic E-state index is 11.4. The summed E-state index contributed by atoms with van der Waals surface area (Å²) in [7, 11) is -10.0. The van der Waals surface area contributed by atoms with Crippen molar-refractivity contribution in [3.8, 4) is 0 Å². The fraction of sp³-hybridized carbons (Fsp3) is 0.455. The maximum atomic E-state index is 11.4. The molecule has 0 amide bonds. The standard InChI is InChI=1S/C11H18N6O7P2/c1-7-10(3-4-23-26(21,22)24-25(18,19)20)15-16-17(7)6-9-5-13-8(2)14-11(9)12/h5H,3-4,6H2,1-2H3,(H,21,22)(H2,12,13,14)(H2,18,19,20). The molecule has 1 atom stereocenters. The second kappa shape index (κ2) is 7.89. The molecule has 15 heteroatoms. The lowest BCUT2D eigenvalue weighted by molar-refractivity contribution is 0.179. The van der Waals surface area contributed by atoms with Gasteiger partial charge in [0.05, 0.1) is 24.5 Å². The number of nitrogens with two attached hydrogens (primary N) is 1. The molecule has 2 rings (SSSR count). The first kappa shape index (κ1) is 20.6. The summed E-state index contributed by atoms with van der Waals surface area (Å²) in [5.41, 5.74) is 7.61. The molecule has 13 nitrogen and oxygen atoms in total. The Morgan fingerprint density at radius 2 is 1.96 bits per heavy atom. The van der Waals surface area contributed by atoms with Gasteiger partial charge in [-0.2, -0.15) is 4.31 Å². The Morgan fingerprint density at radius 1 is 1.27 bits per heavy atom. The van der Waals surface area contributed by atoms with Crippen LogP contribution in [0.15, 0.2) is 6.20 Å². The zero-order valence-electron chi connectivity index (χ0n) is 13.9. The van der Waals surface area contributed by atoms with Crippen molar-refractivity contribution in [2.24, 2.45) is 0 Å². The highest BCUT2D eigenvalue weighted by atomic mass is 31.3. The number of nitrogen functional groups attached to an aromatic ring is 1. The molecule has 0 bridgehead atoms. The number of phosphoric ester groups is 1. The van der Waals surface area contributed by atoms with E-state index in [0.717, 1.165) is 0 Å². The summed E-state index contributed by atoms with van der Waals surface area (Å²) in [6.45, 7) is 3.37. The van der Waals surface area contributed by atoms with Crippen LogP contribution < -0.4 is 5.73 Å². The molecule has 2 heterocycles. The average molecular weight is 408 g/mol. The number of rotatable bonds is 8. The van der Waals surface area contributed by atoms with Gasteiger partial charge in [-0.15, -0.1) is 5.10 Å². The van der Waals surface area contributed by atoms with E-state index in [0.29, 0.717) is 28.6 Å². The monoisotopic (exact) mass is 408 g/mol. The quantitative estimate of drug-likeness (QED) is 0.430. The second-order valence-corrected chi connectivity index (χ2v) is 8.06. The van der Waals surface area contributed by atoms with Gasteiger partial charge >= 0.3 is 15.6 Å². The van der Waals surface area contributed by atoms with Crippen molar-refractivity contribution in [1.29, 1.82) is 0 Å². The number of hydrogen-bond acceptors (Lipinski definition) is 9. The van der Waals surface area contributed by atoms with Crippen LogP contribution in [0.4, 0.5) is 5.82 Å². The Morgan fingerprint density at radius 3 is 2.58 bits per heavy atom. The van der Waals surface area contributed by atoms with E-state index < -0.39 is 15.6 Å². The number of hydrogen-bond donors (Lipinski definition) is 4. The second-order valence-electron chi connectivity index (χ2n) is 5.23. The van der Waals surface area contributed by atoms with Crippen LogP contribution in [-0.4, -0.2) is 46.2 Å². The number of phosphoric acid groups is 2. The summed E-state index contributed by atoms with van der Waals surface area (Å²) < 4.78 is 31.7. The number of anilines is 1. The van der Waals surface area contributed by atoms with Crippen LogP contribution in [0.3, 0.4) is 0 Å². The smallest absolute Gasteiger partial charge is 0.383 e. The molecule has 2 aromatic heterocycles. The minimum absolute atomic E-state index is 0.0702. The molecule has 0 fully saturated rings. The van der Waals surface area contributed by atoms with Crippen LogP contribution in [0.5, 0.6) is 0 Å². The lowest BCUT2D eigenvalue weighted by atomic mass is 10.2. The van der Waals surface area contributed by atoms with Crippen LogP contribution in [0, 0.1) is 13.8 Å². The summed E-state index contributed by atoms with van der Waals surface area (Å²) in [6.07, 6.45) is 1.66. The number of nitrogens with zero attached hydrogens (tertiary/aromatic N) is 5. The normalized spacial score (nSPS) is 14.3. The molecule has 0 aliphatic rings. The van der Waals surface area contributed by atoms with Crippen LogP contribution in [-0.2, 0) is 30.9 Å². The molecule has 2 aromatic rings. The van der Waals surface area contributed by atoms with Crippen molar-refractivity contribution in [3.63, 3.8) is 0 Å². The largest absolute Gasteiger partial charge is 0.481 e. The first-order valence-electron chi connectivity index (χ1n) is 7.18.